The lowest BCUT2D eigenvalue weighted by molar-refractivity contribution is -0.131. The third-order valence-corrected chi connectivity index (χ3v) is 6.85. The summed E-state index contributed by atoms with van der Waals surface area (Å²) in [6.07, 6.45) is 5.45. The molecule has 1 nitrogen and oxygen atoms in total. The largest absolute Gasteiger partial charge is 0.429 e. The molecule has 3 aromatic carbocycles. The Hall–Kier alpha value is -3.15. The molecule has 0 unspecified atom stereocenters. The van der Waals surface area contributed by atoms with Gasteiger partial charge in [0.2, 0.25) is 0 Å². The summed E-state index contributed by atoms with van der Waals surface area (Å²) in [5.41, 5.74) is 3.88. The van der Waals surface area contributed by atoms with Crippen LogP contribution in [0.2, 0.25) is 0 Å². The van der Waals surface area contributed by atoms with E-state index in [1.807, 2.05) is 12.1 Å². The minimum absolute atomic E-state index is 0.373. The van der Waals surface area contributed by atoms with Gasteiger partial charge < -0.3 is 4.74 Å². The molecule has 6 heteroatoms. The molecule has 0 bridgehead atoms. The highest BCUT2D eigenvalue weighted by molar-refractivity contribution is 5.66. The van der Waals surface area contributed by atoms with Crippen LogP contribution in [0.15, 0.2) is 66.7 Å². The van der Waals surface area contributed by atoms with Gasteiger partial charge in [0.05, 0.1) is 0 Å². The lowest BCUT2D eigenvalue weighted by atomic mass is 9.77. The molecule has 0 radical (unpaired) electrons. The lowest BCUT2D eigenvalue weighted by Gasteiger charge is -2.28. The van der Waals surface area contributed by atoms with Crippen molar-refractivity contribution in [3.63, 3.8) is 0 Å². The Labute approximate surface area is 208 Å². The molecular formula is C30H29F5O. The van der Waals surface area contributed by atoms with Crippen molar-refractivity contribution < 1.29 is 26.7 Å². The zero-order valence-electron chi connectivity index (χ0n) is 20.1. The van der Waals surface area contributed by atoms with Gasteiger partial charge in [-0.3, -0.25) is 0 Å². The van der Waals surface area contributed by atoms with Crippen molar-refractivity contribution in [3.05, 3.63) is 95.3 Å². The molecule has 1 aliphatic carbocycles. The number of hydrogen-bond donors (Lipinski definition) is 0. The van der Waals surface area contributed by atoms with Crippen LogP contribution < -0.4 is 4.74 Å². The molecule has 0 amide bonds. The highest BCUT2D eigenvalue weighted by Gasteiger charge is 2.29. The predicted molar refractivity (Wildman–Crippen MR) is 132 cm³/mol. The highest BCUT2D eigenvalue weighted by Crippen LogP contribution is 2.38. The van der Waals surface area contributed by atoms with E-state index >= 15 is 0 Å². The van der Waals surface area contributed by atoms with E-state index in [0.717, 1.165) is 23.1 Å². The zero-order chi connectivity index (χ0) is 25.7. The molecule has 0 saturated heterocycles. The normalized spacial score (nSPS) is 18.5. The minimum atomic E-state index is -3.85. The van der Waals surface area contributed by atoms with E-state index in [4.69, 9.17) is 0 Å². The van der Waals surface area contributed by atoms with E-state index < -0.39 is 29.3 Å². The number of halogens is 5. The quantitative estimate of drug-likeness (QED) is 0.221. The van der Waals surface area contributed by atoms with E-state index in [9.17, 15) is 22.0 Å². The van der Waals surface area contributed by atoms with Crippen LogP contribution in [-0.4, -0.2) is 6.11 Å². The van der Waals surface area contributed by atoms with Gasteiger partial charge in [-0.25, -0.2) is 13.2 Å². The van der Waals surface area contributed by atoms with Crippen molar-refractivity contribution >= 4 is 6.08 Å². The van der Waals surface area contributed by atoms with Gasteiger partial charge in [-0.15, -0.1) is 0 Å². The fourth-order valence-corrected chi connectivity index (χ4v) is 4.90. The third kappa shape index (κ3) is 6.54. The molecule has 0 aliphatic heterocycles. The number of ether oxygens (including phenoxy) is 1. The van der Waals surface area contributed by atoms with Crippen LogP contribution >= 0.6 is 0 Å². The first-order chi connectivity index (χ1) is 17.2. The second kappa shape index (κ2) is 11.3. The van der Waals surface area contributed by atoms with Crippen molar-refractivity contribution in [2.45, 2.75) is 57.5 Å². The van der Waals surface area contributed by atoms with E-state index in [-0.39, 0.29) is 0 Å². The van der Waals surface area contributed by atoms with Crippen molar-refractivity contribution in [2.75, 3.05) is 0 Å². The summed E-state index contributed by atoms with van der Waals surface area (Å²) >= 11 is 0. The maximum Gasteiger partial charge on any atom is 0.419 e. The topological polar surface area (TPSA) is 9.23 Å². The van der Waals surface area contributed by atoms with Gasteiger partial charge in [-0.1, -0.05) is 68.3 Å². The molecule has 0 spiro atoms. The summed E-state index contributed by atoms with van der Waals surface area (Å²) in [5.74, 6) is -4.27. The first-order valence-electron chi connectivity index (χ1n) is 12.3. The smallest absolute Gasteiger partial charge is 0.419 e. The Bertz CT molecular complexity index is 1150. The van der Waals surface area contributed by atoms with Crippen LogP contribution in [0.25, 0.3) is 17.2 Å². The van der Waals surface area contributed by atoms with Crippen LogP contribution in [0.5, 0.6) is 5.75 Å². The Morgan fingerprint density at radius 1 is 0.833 bits per heavy atom. The minimum Gasteiger partial charge on any atom is -0.429 e. The fourth-order valence-electron chi connectivity index (χ4n) is 4.90. The predicted octanol–water partition coefficient (Wildman–Crippen LogP) is 9.53. The standard InChI is InChI=1S/C30H29F5O/c1-2-3-20-4-8-22(9-5-20)24-12-14-25(15-13-24)23-10-6-21(7-11-23)16-17-30(34,35)36-26-18-27(31)29(33)28(32)19-26/h6-7,10-20,22H,2-5,8-9H2,1H3. The van der Waals surface area contributed by atoms with E-state index in [1.54, 1.807) is 12.1 Å². The Morgan fingerprint density at radius 3 is 1.94 bits per heavy atom. The second-order valence-electron chi connectivity index (χ2n) is 9.45. The third-order valence-electron chi connectivity index (χ3n) is 6.85. The number of rotatable bonds is 8. The summed E-state index contributed by atoms with van der Waals surface area (Å²) in [6.45, 7) is 2.25. The molecule has 190 valence electrons. The monoisotopic (exact) mass is 500 g/mol. The maximum absolute atomic E-state index is 14.1. The number of hydrogen-bond acceptors (Lipinski definition) is 1. The molecule has 0 N–H and O–H groups in total. The summed E-state index contributed by atoms with van der Waals surface area (Å²) in [7, 11) is 0. The second-order valence-corrected chi connectivity index (χ2v) is 9.45. The number of benzene rings is 3. The molecule has 1 saturated carbocycles. The molecule has 1 fully saturated rings. The van der Waals surface area contributed by atoms with Gasteiger partial charge in [-0.2, -0.15) is 8.78 Å². The van der Waals surface area contributed by atoms with Gasteiger partial charge in [0, 0.05) is 18.2 Å². The zero-order valence-corrected chi connectivity index (χ0v) is 20.1. The van der Waals surface area contributed by atoms with Crippen LogP contribution in [-0.2, 0) is 0 Å². The van der Waals surface area contributed by atoms with Crippen LogP contribution in [0.3, 0.4) is 0 Å². The van der Waals surface area contributed by atoms with E-state index in [0.29, 0.717) is 29.7 Å². The molecule has 0 aromatic heterocycles. The first-order valence-corrected chi connectivity index (χ1v) is 12.3. The summed E-state index contributed by atoms with van der Waals surface area (Å²) in [5, 5.41) is 0. The first kappa shape index (κ1) is 25.9. The van der Waals surface area contributed by atoms with E-state index in [2.05, 4.69) is 35.9 Å². The van der Waals surface area contributed by atoms with Crippen LogP contribution in [0.4, 0.5) is 22.0 Å². The molecule has 36 heavy (non-hydrogen) atoms. The van der Waals surface area contributed by atoms with Gasteiger partial charge >= 0.3 is 6.11 Å². The molecule has 3 aromatic rings. The van der Waals surface area contributed by atoms with Crippen molar-refractivity contribution in [1.29, 1.82) is 0 Å². The lowest BCUT2D eigenvalue weighted by Crippen LogP contribution is -2.21. The molecule has 4 rings (SSSR count). The van der Waals surface area contributed by atoms with Gasteiger partial charge in [0.1, 0.15) is 5.75 Å². The van der Waals surface area contributed by atoms with Crippen LogP contribution in [0.1, 0.15) is 62.5 Å². The van der Waals surface area contributed by atoms with Gasteiger partial charge in [0.15, 0.2) is 17.5 Å². The fraction of sp³-hybridized carbons (Fsp3) is 0.333. The van der Waals surface area contributed by atoms with Crippen molar-refractivity contribution in [2.24, 2.45) is 5.92 Å². The highest BCUT2D eigenvalue weighted by atomic mass is 19.3. The maximum atomic E-state index is 14.1. The number of alkyl halides is 2. The summed E-state index contributed by atoms with van der Waals surface area (Å²) < 4.78 is 72.0. The van der Waals surface area contributed by atoms with Crippen molar-refractivity contribution in [1.82, 2.24) is 0 Å². The molecule has 0 heterocycles. The average molecular weight is 501 g/mol. The molecule has 1 aliphatic rings. The SMILES string of the molecule is CCCC1CCC(c2ccc(-c3ccc(C=CC(F)(F)Oc4cc(F)c(F)c(F)c4)cc3)cc2)CC1. The van der Waals surface area contributed by atoms with Gasteiger partial charge in [-0.05, 0) is 65.8 Å². The van der Waals surface area contributed by atoms with Gasteiger partial charge in [0.25, 0.3) is 0 Å². The Balaban J connectivity index is 1.37. The van der Waals surface area contributed by atoms with Crippen LogP contribution in [0, 0.1) is 23.4 Å². The Morgan fingerprint density at radius 2 is 1.39 bits per heavy atom. The van der Waals surface area contributed by atoms with E-state index in [1.165, 1.54) is 44.1 Å². The summed E-state index contributed by atoms with van der Waals surface area (Å²) in [6, 6.07) is 16.4. The summed E-state index contributed by atoms with van der Waals surface area (Å²) in [4.78, 5) is 0. The molecule has 0 atom stereocenters. The average Bonchev–Trinajstić information content (AvgIpc) is 2.87. The Kier molecular flexibility index (Phi) is 8.12. The molecular weight excluding hydrogens is 471 g/mol. The van der Waals surface area contributed by atoms with Crippen molar-refractivity contribution in [3.8, 4) is 16.9 Å².